The van der Waals surface area contributed by atoms with Crippen LogP contribution in [0.5, 0.6) is 0 Å². The minimum Gasteiger partial charge on any atom is -0.459 e. The minimum absolute atomic E-state index is 0.165. The Balaban J connectivity index is 1.86. The van der Waals surface area contributed by atoms with Gasteiger partial charge in [-0.25, -0.2) is 0 Å². The lowest BCUT2D eigenvalue weighted by molar-refractivity contribution is -0.137. The average molecular weight is 295 g/mol. The summed E-state index contributed by atoms with van der Waals surface area (Å²) in [6.07, 6.45) is -1.05. The van der Waals surface area contributed by atoms with E-state index in [0.717, 1.165) is 43.7 Å². The fraction of sp³-hybridized carbons (Fsp3) is 0.375. The highest BCUT2D eigenvalue weighted by Gasteiger charge is 2.30. The van der Waals surface area contributed by atoms with Crippen LogP contribution in [-0.4, -0.2) is 6.54 Å². The second kappa shape index (κ2) is 5.56. The monoisotopic (exact) mass is 295 g/mol. The lowest BCUT2D eigenvalue weighted by Crippen LogP contribution is -2.26. The van der Waals surface area contributed by atoms with Crippen molar-refractivity contribution in [3.63, 3.8) is 0 Å². The first-order valence-electron chi connectivity index (χ1n) is 7.05. The Morgan fingerprint density at radius 2 is 1.95 bits per heavy atom. The van der Waals surface area contributed by atoms with Gasteiger partial charge >= 0.3 is 6.18 Å². The molecular weight excluding hydrogens is 279 g/mol. The summed E-state index contributed by atoms with van der Waals surface area (Å²) in [7, 11) is 0. The van der Waals surface area contributed by atoms with Crippen LogP contribution in [0, 0.1) is 0 Å². The molecule has 2 heterocycles. The van der Waals surface area contributed by atoms with E-state index in [1.54, 1.807) is 12.1 Å². The van der Waals surface area contributed by atoms with Crippen molar-refractivity contribution < 1.29 is 17.6 Å². The van der Waals surface area contributed by atoms with Crippen molar-refractivity contribution >= 4 is 0 Å². The molecule has 1 saturated heterocycles. The van der Waals surface area contributed by atoms with E-state index in [1.807, 2.05) is 6.07 Å². The molecule has 2 aromatic rings. The largest absolute Gasteiger partial charge is 0.459 e. The van der Waals surface area contributed by atoms with Crippen molar-refractivity contribution in [2.45, 2.75) is 31.5 Å². The van der Waals surface area contributed by atoms with Gasteiger partial charge in [-0.05, 0) is 43.7 Å². The van der Waals surface area contributed by atoms with Crippen molar-refractivity contribution in [2.75, 3.05) is 6.54 Å². The van der Waals surface area contributed by atoms with Gasteiger partial charge in [0.2, 0.25) is 0 Å². The highest BCUT2D eigenvalue weighted by molar-refractivity contribution is 5.59. The molecule has 3 rings (SSSR count). The number of benzene rings is 1. The van der Waals surface area contributed by atoms with Crippen LogP contribution < -0.4 is 5.32 Å². The molecule has 0 spiro atoms. The highest BCUT2D eigenvalue weighted by atomic mass is 19.4. The summed E-state index contributed by atoms with van der Waals surface area (Å²) in [5.74, 6) is 1.27. The number of halogens is 3. The van der Waals surface area contributed by atoms with Gasteiger partial charge in [-0.3, -0.25) is 0 Å². The smallest absolute Gasteiger partial charge is 0.416 e. The second-order valence-electron chi connectivity index (χ2n) is 5.28. The molecule has 1 aromatic carbocycles. The van der Waals surface area contributed by atoms with Gasteiger partial charge in [0.25, 0.3) is 0 Å². The molecule has 0 aliphatic carbocycles. The van der Waals surface area contributed by atoms with Crippen molar-refractivity contribution in [1.29, 1.82) is 0 Å². The molecule has 2 nitrogen and oxygen atoms in total. The van der Waals surface area contributed by atoms with Crippen LogP contribution in [0.15, 0.2) is 40.8 Å². The van der Waals surface area contributed by atoms with Gasteiger partial charge in [-0.2, -0.15) is 13.2 Å². The van der Waals surface area contributed by atoms with Crippen LogP contribution in [-0.2, 0) is 6.18 Å². The fourth-order valence-corrected chi connectivity index (χ4v) is 2.64. The summed E-state index contributed by atoms with van der Waals surface area (Å²) < 4.78 is 44.0. The predicted molar refractivity (Wildman–Crippen MR) is 73.7 cm³/mol. The van der Waals surface area contributed by atoms with Gasteiger partial charge in [0.15, 0.2) is 0 Å². The molecule has 1 fully saturated rings. The first kappa shape index (κ1) is 14.2. The van der Waals surface area contributed by atoms with Crippen LogP contribution in [0.4, 0.5) is 13.2 Å². The van der Waals surface area contributed by atoms with E-state index in [4.69, 9.17) is 4.42 Å². The number of furan rings is 1. The number of hydrogen-bond donors (Lipinski definition) is 1. The van der Waals surface area contributed by atoms with Crippen molar-refractivity contribution in [3.8, 4) is 11.3 Å². The molecule has 1 aromatic heterocycles. The van der Waals surface area contributed by atoms with Gasteiger partial charge in [-0.1, -0.05) is 18.6 Å². The number of piperidine rings is 1. The molecule has 0 unspecified atom stereocenters. The summed E-state index contributed by atoms with van der Waals surface area (Å²) in [6, 6.07) is 8.97. The van der Waals surface area contributed by atoms with E-state index in [9.17, 15) is 13.2 Å². The van der Waals surface area contributed by atoms with Crippen LogP contribution in [0.3, 0.4) is 0 Å². The van der Waals surface area contributed by atoms with E-state index < -0.39 is 11.7 Å². The van der Waals surface area contributed by atoms with Gasteiger partial charge in [0, 0.05) is 5.56 Å². The van der Waals surface area contributed by atoms with Crippen molar-refractivity contribution in [2.24, 2.45) is 0 Å². The maximum Gasteiger partial charge on any atom is 0.416 e. The Hall–Kier alpha value is -1.75. The third kappa shape index (κ3) is 3.13. The normalized spacial score (nSPS) is 19.7. The van der Waals surface area contributed by atoms with Gasteiger partial charge in [-0.15, -0.1) is 0 Å². The molecule has 0 bridgehead atoms. The zero-order valence-corrected chi connectivity index (χ0v) is 11.4. The zero-order valence-electron chi connectivity index (χ0n) is 11.4. The zero-order chi connectivity index (χ0) is 14.9. The standard InChI is InChI=1S/C16H16F3NO/c17-16(18,19)12-5-3-4-11(10-12)14-7-8-15(21-14)13-6-1-2-9-20-13/h3-5,7-8,10,13,20H,1-2,6,9H2/t13-/m1/s1. The highest BCUT2D eigenvalue weighted by Crippen LogP contribution is 2.34. The quantitative estimate of drug-likeness (QED) is 0.862. The first-order chi connectivity index (χ1) is 10.0. The SMILES string of the molecule is FC(F)(F)c1cccc(-c2ccc([C@H]3CCCCN3)o2)c1. The average Bonchev–Trinajstić information content (AvgIpc) is 2.97. The summed E-state index contributed by atoms with van der Waals surface area (Å²) in [5, 5.41) is 3.36. The molecule has 0 radical (unpaired) electrons. The molecule has 21 heavy (non-hydrogen) atoms. The van der Waals surface area contributed by atoms with Gasteiger partial charge < -0.3 is 9.73 Å². The molecule has 0 saturated carbocycles. The van der Waals surface area contributed by atoms with Crippen LogP contribution in [0.2, 0.25) is 0 Å². The van der Waals surface area contributed by atoms with E-state index in [2.05, 4.69) is 5.32 Å². The van der Waals surface area contributed by atoms with Crippen LogP contribution in [0.1, 0.15) is 36.6 Å². The summed E-state index contributed by atoms with van der Waals surface area (Å²) in [6.45, 7) is 0.949. The molecular formula is C16H16F3NO. The Morgan fingerprint density at radius 3 is 2.67 bits per heavy atom. The molecule has 1 aliphatic heterocycles. The molecule has 1 N–H and O–H groups in total. The number of rotatable bonds is 2. The summed E-state index contributed by atoms with van der Waals surface area (Å²) in [5.41, 5.74) is -0.208. The molecule has 0 amide bonds. The Morgan fingerprint density at radius 1 is 1.10 bits per heavy atom. The molecule has 5 heteroatoms. The van der Waals surface area contributed by atoms with Crippen molar-refractivity contribution in [1.82, 2.24) is 5.32 Å². The molecule has 112 valence electrons. The van der Waals surface area contributed by atoms with Crippen LogP contribution >= 0.6 is 0 Å². The Kier molecular flexibility index (Phi) is 3.76. The van der Waals surface area contributed by atoms with Gasteiger partial charge in [0.1, 0.15) is 11.5 Å². The molecule has 1 atom stereocenters. The van der Waals surface area contributed by atoms with E-state index >= 15 is 0 Å². The minimum atomic E-state index is -4.34. The third-order valence-electron chi connectivity index (χ3n) is 3.75. The summed E-state index contributed by atoms with van der Waals surface area (Å²) >= 11 is 0. The molecule has 1 aliphatic rings. The Labute approximate surface area is 121 Å². The second-order valence-corrected chi connectivity index (χ2v) is 5.28. The summed E-state index contributed by atoms with van der Waals surface area (Å²) in [4.78, 5) is 0. The number of hydrogen-bond acceptors (Lipinski definition) is 2. The Bertz CT molecular complexity index is 612. The van der Waals surface area contributed by atoms with E-state index in [0.29, 0.717) is 11.3 Å². The predicted octanol–water partition coefficient (Wildman–Crippen LogP) is 4.78. The maximum atomic E-state index is 12.7. The lowest BCUT2D eigenvalue weighted by Gasteiger charge is -2.21. The van der Waals surface area contributed by atoms with Crippen LogP contribution in [0.25, 0.3) is 11.3 Å². The van der Waals surface area contributed by atoms with E-state index in [1.165, 1.54) is 6.07 Å². The first-order valence-corrected chi connectivity index (χ1v) is 7.05. The van der Waals surface area contributed by atoms with Crippen molar-refractivity contribution in [3.05, 3.63) is 47.7 Å². The topological polar surface area (TPSA) is 25.2 Å². The maximum absolute atomic E-state index is 12.7. The van der Waals surface area contributed by atoms with E-state index in [-0.39, 0.29) is 6.04 Å². The number of alkyl halides is 3. The fourth-order valence-electron chi connectivity index (χ4n) is 2.64. The number of nitrogens with one attached hydrogen (secondary N) is 1. The third-order valence-corrected chi connectivity index (χ3v) is 3.75. The van der Waals surface area contributed by atoms with Gasteiger partial charge in [0.05, 0.1) is 11.6 Å². The lowest BCUT2D eigenvalue weighted by atomic mass is 10.0.